The van der Waals surface area contributed by atoms with Crippen LogP contribution in [0, 0.1) is 5.82 Å². The van der Waals surface area contributed by atoms with Crippen LogP contribution in [0.4, 0.5) is 10.1 Å². The predicted molar refractivity (Wildman–Crippen MR) is 112 cm³/mol. The van der Waals surface area contributed by atoms with Gasteiger partial charge in [-0.05, 0) is 40.6 Å². The van der Waals surface area contributed by atoms with E-state index >= 15 is 0 Å². The molecule has 0 fully saturated rings. The van der Waals surface area contributed by atoms with Crippen molar-refractivity contribution in [2.75, 3.05) is 18.5 Å². The number of nitrogens with zero attached hydrogens (tertiary/aromatic N) is 2. The van der Waals surface area contributed by atoms with Gasteiger partial charge in [0.1, 0.15) is 5.82 Å². The number of carbonyl (C=O) groups is 1. The third kappa shape index (κ3) is 3.31. The Labute approximate surface area is 167 Å². The second-order valence-electron chi connectivity index (χ2n) is 6.68. The highest BCUT2D eigenvalue weighted by Crippen LogP contribution is 2.33. The van der Waals surface area contributed by atoms with Gasteiger partial charge in [-0.1, -0.05) is 30.3 Å². The number of hydrogen-bond acceptors (Lipinski definition) is 4. The molecule has 0 aliphatic carbocycles. The fourth-order valence-corrected chi connectivity index (χ4v) is 4.42. The number of benzodiazepines with no additional fused rings is 1. The van der Waals surface area contributed by atoms with Crippen molar-refractivity contribution in [2.24, 2.45) is 4.99 Å². The highest BCUT2D eigenvalue weighted by Gasteiger charge is 2.31. The number of rotatable bonds is 5. The van der Waals surface area contributed by atoms with Gasteiger partial charge in [0, 0.05) is 23.9 Å². The van der Waals surface area contributed by atoms with Gasteiger partial charge in [0.15, 0.2) is 0 Å². The predicted octanol–water partition coefficient (Wildman–Crippen LogP) is 4.03. The Morgan fingerprint density at radius 3 is 2.64 bits per heavy atom. The van der Waals surface area contributed by atoms with Crippen LogP contribution in [0.2, 0.25) is 0 Å². The van der Waals surface area contributed by atoms with Crippen LogP contribution in [0.1, 0.15) is 22.7 Å². The molecule has 1 aromatic heterocycles. The van der Waals surface area contributed by atoms with Gasteiger partial charge >= 0.3 is 0 Å². The van der Waals surface area contributed by atoms with E-state index in [-0.39, 0.29) is 17.9 Å². The van der Waals surface area contributed by atoms with Gasteiger partial charge in [0.2, 0.25) is 6.41 Å². The molecule has 4 nitrogen and oxygen atoms in total. The van der Waals surface area contributed by atoms with Crippen molar-refractivity contribution >= 4 is 29.1 Å². The molecule has 1 amide bonds. The number of anilines is 1. The highest BCUT2D eigenvalue weighted by atomic mass is 32.1. The van der Waals surface area contributed by atoms with Crippen molar-refractivity contribution in [3.8, 4) is 0 Å². The van der Waals surface area contributed by atoms with Crippen LogP contribution in [0.5, 0.6) is 0 Å². The number of thiophene rings is 1. The van der Waals surface area contributed by atoms with Gasteiger partial charge < -0.3 is 10.2 Å². The van der Waals surface area contributed by atoms with Gasteiger partial charge in [-0.25, -0.2) is 4.39 Å². The third-order valence-corrected chi connectivity index (χ3v) is 5.84. The lowest BCUT2D eigenvalue weighted by Crippen LogP contribution is -2.44. The van der Waals surface area contributed by atoms with E-state index in [0.29, 0.717) is 17.8 Å². The molecule has 0 saturated carbocycles. The summed E-state index contributed by atoms with van der Waals surface area (Å²) < 4.78 is 14.5. The standard InChI is InChI=1S/C22H20FN3OS/c1-26-19-9-5-3-7-17(19)22(16-6-2-4-8-18(16)23)24-12-20(26)21(25-14-27)15-10-11-28-13-15/h2-11,13-14,20-21H,12H2,1H3,(H,25,27). The largest absolute Gasteiger partial charge is 0.367 e. The molecule has 1 aliphatic heterocycles. The van der Waals surface area contributed by atoms with Crippen LogP contribution in [-0.4, -0.2) is 31.8 Å². The van der Waals surface area contributed by atoms with Crippen LogP contribution in [0.25, 0.3) is 0 Å². The minimum atomic E-state index is -0.294. The summed E-state index contributed by atoms with van der Waals surface area (Å²) in [4.78, 5) is 18.3. The van der Waals surface area contributed by atoms with Gasteiger partial charge in [-0.3, -0.25) is 9.79 Å². The smallest absolute Gasteiger partial charge is 0.207 e. The Morgan fingerprint density at radius 1 is 1.18 bits per heavy atom. The number of para-hydroxylation sites is 1. The summed E-state index contributed by atoms with van der Waals surface area (Å²) in [5, 5.41) is 6.98. The van der Waals surface area contributed by atoms with E-state index in [1.165, 1.54) is 6.07 Å². The number of fused-ring (bicyclic) bond motifs is 1. The zero-order valence-electron chi connectivity index (χ0n) is 15.4. The first-order valence-corrected chi connectivity index (χ1v) is 9.98. The number of likely N-dealkylation sites (N-methyl/N-ethyl adjacent to an activating group) is 1. The minimum absolute atomic E-state index is 0.106. The molecule has 0 radical (unpaired) electrons. The molecule has 0 bridgehead atoms. The molecule has 1 N–H and O–H groups in total. The number of halogens is 1. The van der Waals surface area contributed by atoms with Gasteiger partial charge in [-0.15, -0.1) is 0 Å². The first-order valence-electron chi connectivity index (χ1n) is 9.04. The fraction of sp³-hybridized carbons (Fsp3) is 0.182. The van der Waals surface area contributed by atoms with Crippen molar-refractivity contribution in [2.45, 2.75) is 12.1 Å². The first kappa shape index (κ1) is 18.4. The lowest BCUT2D eigenvalue weighted by atomic mass is 9.98. The molecule has 2 atom stereocenters. The van der Waals surface area contributed by atoms with Crippen LogP contribution < -0.4 is 10.2 Å². The third-order valence-electron chi connectivity index (χ3n) is 5.14. The SMILES string of the molecule is CN1c2ccccc2C(c2ccccc2F)=NCC1C(NC=O)c1ccsc1. The Bertz CT molecular complexity index is 1000. The molecule has 0 spiro atoms. The maximum atomic E-state index is 14.5. The fourth-order valence-electron chi connectivity index (χ4n) is 3.72. The van der Waals surface area contributed by atoms with Crippen molar-refractivity contribution in [3.05, 3.63) is 87.9 Å². The molecule has 2 unspecified atom stereocenters. The average Bonchev–Trinajstić information content (AvgIpc) is 3.21. The van der Waals surface area contributed by atoms with Crippen LogP contribution in [-0.2, 0) is 4.79 Å². The topological polar surface area (TPSA) is 44.7 Å². The summed E-state index contributed by atoms with van der Waals surface area (Å²) in [6.45, 7) is 0.427. The molecule has 4 rings (SSSR count). The molecule has 142 valence electrons. The summed E-state index contributed by atoms with van der Waals surface area (Å²) in [6, 6.07) is 16.3. The van der Waals surface area contributed by atoms with E-state index in [1.54, 1.807) is 23.5 Å². The van der Waals surface area contributed by atoms with E-state index in [1.807, 2.05) is 54.2 Å². The Morgan fingerprint density at radius 2 is 1.93 bits per heavy atom. The second kappa shape index (κ2) is 7.94. The van der Waals surface area contributed by atoms with Crippen molar-refractivity contribution in [1.29, 1.82) is 0 Å². The molecule has 3 aromatic rings. The lowest BCUT2D eigenvalue weighted by Gasteiger charge is -2.34. The Balaban J connectivity index is 1.84. The number of benzene rings is 2. The molecule has 0 saturated heterocycles. The van der Waals surface area contributed by atoms with E-state index in [2.05, 4.69) is 10.2 Å². The molecule has 6 heteroatoms. The summed E-state index contributed by atoms with van der Waals surface area (Å²) >= 11 is 1.59. The first-order chi connectivity index (χ1) is 13.7. The molecule has 1 aliphatic rings. The molecular formula is C22H20FN3OS. The molecule has 28 heavy (non-hydrogen) atoms. The van der Waals surface area contributed by atoms with Crippen molar-refractivity contribution in [1.82, 2.24) is 5.32 Å². The Kier molecular flexibility index (Phi) is 5.21. The quantitative estimate of drug-likeness (QED) is 0.665. The number of hydrogen-bond donors (Lipinski definition) is 1. The molecule has 2 aromatic carbocycles. The number of amides is 1. The summed E-state index contributed by atoms with van der Waals surface area (Å²) in [7, 11) is 2.00. The second-order valence-corrected chi connectivity index (χ2v) is 7.46. The van der Waals surface area contributed by atoms with Crippen molar-refractivity contribution in [3.63, 3.8) is 0 Å². The summed E-state index contributed by atoms with van der Waals surface area (Å²) in [5.74, 6) is -0.294. The minimum Gasteiger partial charge on any atom is -0.367 e. The van der Waals surface area contributed by atoms with E-state index in [9.17, 15) is 9.18 Å². The normalized spacial score (nSPS) is 17.3. The number of aliphatic imine (C=N–C) groups is 1. The van der Waals surface area contributed by atoms with E-state index < -0.39 is 0 Å². The zero-order valence-corrected chi connectivity index (χ0v) is 16.2. The monoisotopic (exact) mass is 393 g/mol. The van der Waals surface area contributed by atoms with Gasteiger partial charge in [0.25, 0.3) is 0 Å². The van der Waals surface area contributed by atoms with Crippen LogP contribution >= 0.6 is 11.3 Å². The average molecular weight is 393 g/mol. The van der Waals surface area contributed by atoms with E-state index in [0.717, 1.165) is 23.2 Å². The van der Waals surface area contributed by atoms with Crippen molar-refractivity contribution < 1.29 is 9.18 Å². The van der Waals surface area contributed by atoms with Crippen LogP contribution in [0.3, 0.4) is 0 Å². The molecular weight excluding hydrogens is 373 g/mol. The zero-order chi connectivity index (χ0) is 19.5. The maximum absolute atomic E-state index is 14.5. The maximum Gasteiger partial charge on any atom is 0.207 e. The number of nitrogens with one attached hydrogen (secondary N) is 1. The van der Waals surface area contributed by atoms with Crippen LogP contribution in [0.15, 0.2) is 70.3 Å². The summed E-state index contributed by atoms with van der Waals surface area (Å²) in [5.41, 5.74) is 4.00. The van der Waals surface area contributed by atoms with Gasteiger partial charge in [-0.2, -0.15) is 11.3 Å². The summed E-state index contributed by atoms with van der Waals surface area (Å²) in [6.07, 6.45) is 0.731. The number of carbonyl (C=O) groups excluding carboxylic acids is 1. The molecule has 2 heterocycles. The Hall–Kier alpha value is -2.99. The highest BCUT2D eigenvalue weighted by molar-refractivity contribution is 7.08. The van der Waals surface area contributed by atoms with Gasteiger partial charge in [0.05, 0.1) is 24.3 Å². The lowest BCUT2D eigenvalue weighted by molar-refractivity contribution is -0.110. The van der Waals surface area contributed by atoms with E-state index in [4.69, 9.17) is 4.99 Å².